The third kappa shape index (κ3) is 3.67. The highest BCUT2D eigenvalue weighted by atomic mass is 16.5. The number of phenolic OH excluding ortho intramolecular Hbond substituents is 2. The van der Waals surface area contributed by atoms with E-state index in [1.807, 2.05) is 0 Å². The second-order valence-electron chi connectivity index (χ2n) is 4.81. The Hall–Kier alpha value is -3.42. The van der Waals surface area contributed by atoms with E-state index in [1.165, 1.54) is 26.6 Å². The van der Waals surface area contributed by atoms with Gasteiger partial charge >= 0.3 is 0 Å². The molecule has 0 saturated carbocycles. The molecule has 0 aliphatic heterocycles. The molecule has 2 rings (SSSR count). The van der Waals surface area contributed by atoms with Crippen molar-refractivity contribution in [2.75, 3.05) is 25.7 Å². The van der Waals surface area contributed by atoms with E-state index >= 15 is 0 Å². The van der Waals surface area contributed by atoms with Gasteiger partial charge in [-0.25, -0.2) is 0 Å². The van der Waals surface area contributed by atoms with Crippen molar-refractivity contribution in [1.82, 2.24) is 0 Å². The van der Waals surface area contributed by atoms with Crippen molar-refractivity contribution in [3.05, 3.63) is 35.4 Å². The Balaban J connectivity index is 2.19. The molecule has 0 aliphatic carbocycles. The third-order valence-corrected chi connectivity index (χ3v) is 3.17. The molecule has 0 aromatic heterocycles. The number of anilines is 2. The van der Waals surface area contributed by atoms with Crippen LogP contribution in [-0.2, 0) is 0 Å². The first-order chi connectivity index (χ1) is 11.5. The fraction of sp³-hybridized carbons (Fsp3) is 0.125. The zero-order valence-electron chi connectivity index (χ0n) is 13.2. The summed E-state index contributed by atoms with van der Waals surface area (Å²) in [6.45, 7) is 0. The van der Waals surface area contributed by atoms with Crippen LogP contribution in [0.1, 0.15) is 11.1 Å². The van der Waals surface area contributed by atoms with Crippen molar-refractivity contribution >= 4 is 23.8 Å². The smallest absolute Gasteiger partial charge is 0.181 e. The van der Waals surface area contributed by atoms with Crippen molar-refractivity contribution in [3.8, 4) is 23.0 Å². The molecule has 2 aromatic rings. The summed E-state index contributed by atoms with van der Waals surface area (Å²) in [5.74, 6) is 0.252. The molecular weight excluding hydrogens is 312 g/mol. The van der Waals surface area contributed by atoms with Crippen LogP contribution in [0.15, 0.2) is 34.5 Å². The van der Waals surface area contributed by atoms with Crippen LogP contribution >= 0.6 is 0 Å². The first-order valence-electron chi connectivity index (χ1n) is 6.85. The summed E-state index contributed by atoms with van der Waals surface area (Å²) in [6.07, 6.45) is 2.91. The fourth-order valence-electron chi connectivity index (χ4n) is 1.96. The molecule has 0 fully saturated rings. The van der Waals surface area contributed by atoms with Gasteiger partial charge in [0.2, 0.25) is 0 Å². The molecule has 0 atom stereocenters. The van der Waals surface area contributed by atoms with Gasteiger partial charge in [0.05, 0.1) is 38.0 Å². The number of rotatable bonds is 5. The Morgan fingerprint density at radius 3 is 1.50 bits per heavy atom. The Morgan fingerprint density at radius 2 is 1.17 bits per heavy atom. The van der Waals surface area contributed by atoms with Crippen LogP contribution in [0.5, 0.6) is 23.0 Å². The Bertz CT molecular complexity index is 736. The highest BCUT2D eigenvalue weighted by Gasteiger charge is 2.07. The summed E-state index contributed by atoms with van der Waals surface area (Å²) in [6, 6.07) is 6.23. The number of aromatic hydroxyl groups is 2. The van der Waals surface area contributed by atoms with Crippen LogP contribution in [0.25, 0.3) is 0 Å². The lowest BCUT2D eigenvalue weighted by molar-refractivity contribution is 0.375. The molecule has 0 bridgehead atoms. The standard InChI is InChI=1S/C16H18N4O4/c1-23-13-5-9(3-11(17)15(13)21)7-19-20-8-10-4-12(18)16(22)14(6-10)24-2/h3-8,21-22H,17-18H2,1-2H3. The normalized spacial score (nSPS) is 11.2. The maximum absolute atomic E-state index is 9.67. The fourth-order valence-corrected chi connectivity index (χ4v) is 1.96. The number of nitrogen functional groups attached to an aromatic ring is 2. The Kier molecular flexibility index (Phi) is 5.10. The molecule has 0 saturated heterocycles. The first kappa shape index (κ1) is 16.9. The van der Waals surface area contributed by atoms with Gasteiger partial charge in [-0.05, 0) is 24.3 Å². The van der Waals surface area contributed by atoms with Gasteiger partial charge in [0.1, 0.15) is 0 Å². The summed E-state index contributed by atoms with van der Waals surface area (Å²) in [4.78, 5) is 0. The highest BCUT2D eigenvalue weighted by molar-refractivity contribution is 5.86. The molecule has 0 aliphatic rings. The minimum absolute atomic E-state index is 0.121. The van der Waals surface area contributed by atoms with Crippen molar-refractivity contribution in [3.63, 3.8) is 0 Å². The van der Waals surface area contributed by atoms with Gasteiger partial charge < -0.3 is 31.2 Å². The van der Waals surface area contributed by atoms with Gasteiger partial charge in [0.25, 0.3) is 0 Å². The van der Waals surface area contributed by atoms with E-state index in [2.05, 4.69) is 10.2 Å². The average molecular weight is 330 g/mol. The number of nitrogens with zero attached hydrogens (tertiary/aromatic N) is 2. The van der Waals surface area contributed by atoms with Crippen molar-refractivity contribution in [2.24, 2.45) is 10.2 Å². The predicted octanol–water partition coefficient (Wildman–Crippen LogP) is 1.73. The second-order valence-corrected chi connectivity index (χ2v) is 4.81. The number of hydrogen-bond donors (Lipinski definition) is 4. The number of ether oxygens (including phenoxy) is 2. The van der Waals surface area contributed by atoms with Gasteiger partial charge in [-0.1, -0.05) is 0 Å². The quantitative estimate of drug-likeness (QED) is 0.285. The van der Waals surface area contributed by atoms with Crippen LogP contribution in [-0.4, -0.2) is 36.9 Å². The first-order valence-corrected chi connectivity index (χ1v) is 6.85. The van der Waals surface area contributed by atoms with Crippen LogP contribution in [0, 0.1) is 0 Å². The highest BCUT2D eigenvalue weighted by Crippen LogP contribution is 2.33. The SMILES string of the molecule is COc1cc(C=NN=Cc2cc(N)c(O)c(OC)c2)cc(N)c1O. The molecule has 8 heteroatoms. The minimum atomic E-state index is -0.121. The van der Waals surface area contributed by atoms with Gasteiger partial charge in [0, 0.05) is 11.1 Å². The van der Waals surface area contributed by atoms with Gasteiger partial charge in [-0.2, -0.15) is 10.2 Å². The van der Waals surface area contributed by atoms with Crippen LogP contribution in [0.3, 0.4) is 0 Å². The summed E-state index contributed by atoms with van der Waals surface area (Å²) >= 11 is 0. The van der Waals surface area contributed by atoms with E-state index in [0.717, 1.165) is 0 Å². The lowest BCUT2D eigenvalue weighted by Crippen LogP contribution is -1.94. The molecule has 0 heterocycles. The zero-order chi connectivity index (χ0) is 17.7. The summed E-state index contributed by atoms with van der Waals surface area (Å²) < 4.78 is 10.0. The van der Waals surface area contributed by atoms with Crippen molar-refractivity contribution in [2.45, 2.75) is 0 Å². The van der Waals surface area contributed by atoms with E-state index in [0.29, 0.717) is 11.1 Å². The maximum Gasteiger partial charge on any atom is 0.181 e. The van der Waals surface area contributed by atoms with Crippen LogP contribution < -0.4 is 20.9 Å². The largest absolute Gasteiger partial charge is 0.503 e. The lowest BCUT2D eigenvalue weighted by Gasteiger charge is -2.07. The predicted molar refractivity (Wildman–Crippen MR) is 93.3 cm³/mol. The molecular formula is C16H18N4O4. The van der Waals surface area contributed by atoms with E-state index in [9.17, 15) is 10.2 Å². The van der Waals surface area contributed by atoms with Crippen LogP contribution in [0.2, 0.25) is 0 Å². The molecule has 126 valence electrons. The monoisotopic (exact) mass is 330 g/mol. The number of methoxy groups -OCH3 is 2. The maximum atomic E-state index is 9.67. The summed E-state index contributed by atoms with van der Waals surface area (Å²) in [5.41, 5.74) is 12.9. The average Bonchev–Trinajstić information content (AvgIpc) is 2.57. The molecule has 0 radical (unpaired) electrons. The number of phenols is 2. The molecule has 2 aromatic carbocycles. The number of nitrogens with two attached hydrogens (primary N) is 2. The minimum Gasteiger partial charge on any atom is -0.503 e. The molecule has 6 N–H and O–H groups in total. The number of benzene rings is 2. The molecule has 0 spiro atoms. The number of hydrogen-bond acceptors (Lipinski definition) is 8. The third-order valence-electron chi connectivity index (χ3n) is 3.17. The van der Waals surface area contributed by atoms with Crippen molar-refractivity contribution in [1.29, 1.82) is 0 Å². The second kappa shape index (κ2) is 7.23. The topological polar surface area (TPSA) is 136 Å². The van der Waals surface area contributed by atoms with E-state index in [1.54, 1.807) is 24.3 Å². The molecule has 0 amide bonds. The summed E-state index contributed by atoms with van der Waals surface area (Å²) in [5, 5.41) is 27.1. The van der Waals surface area contributed by atoms with Crippen LogP contribution in [0.4, 0.5) is 11.4 Å². The van der Waals surface area contributed by atoms with E-state index in [4.69, 9.17) is 20.9 Å². The van der Waals surface area contributed by atoms with E-state index < -0.39 is 0 Å². The summed E-state index contributed by atoms with van der Waals surface area (Å²) in [7, 11) is 2.85. The molecule has 24 heavy (non-hydrogen) atoms. The zero-order valence-corrected chi connectivity index (χ0v) is 13.2. The lowest BCUT2D eigenvalue weighted by atomic mass is 10.2. The molecule has 8 nitrogen and oxygen atoms in total. The molecule has 0 unspecified atom stereocenters. The van der Waals surface area contributed by atoms with Gasteiger partial charge in [-0.3, -0.25) is 0 Å². The van der Waals surface area contributed by atoms with E-state index in [-0.39, 0.29) is 34.4 Å². The van der Waals surface area contributed by atoms with Gasteiger partial charge in [0.15, 0.2) is 23.0 Å². The Labute approximate surface area is 138 Å². The Morgan fingerprint density at radius 1 is 0.792 bits per heavy atom. The van der Waals surface area contributed by atoms with Gasteiger partial charge in [-0.15, -0.1) is 0 Å². The van der Waals surface area contributed by atoms with Crippen molar-refractivity contribution < 1.29 is 19.7 Å².